The van der Waals surface area contributed by atoms with E-state index in [0.29, 0.717) is 6.61 Å². The van der Waals surface area contributed by atoms with Gasteiger partial charge >= 0.3 is 5.97 Å². The van der Waals surface area contributed by atoms with Crippen molar-refractivity contribution in [2.45, 2.75) is 53.0 Å². The molecule has 0 aliphatic rings. The molecule has 4 heteroatoms. The smallest absolute Gasteiger partial charge is 0.323 e. The number of hydrogen-bond acceptors (Lipinski definition) is 4. The molecule has 0 radical (unpaired) electrons. The Balaban J connectivity index is 4.16. The van der Waals surface area contributed by atoms with Crippen LogP contribution in [0.5, 0.6) is 0 Å². The molecule has 0 heterocycles. The molecular weight excluding hydrogens is 228 g/mol. The van der Waals surface area contributed by atoms with Crippen LogP contribution in [-0.2, 0) is 9.53 Å². The molecular formula is C14H30N2O2. The van der Waals surface area contributed by atoms with Crippen molar-refractivity contribution in [1.82, 2.24) is 10.2 Å². The molecule has 0 spiro atoms. The van der Waals surface area contributed by atoms with Gasteiger partial charge in [0.1, 0.15) is 6.04 Å². The maximum Gasteiger partial charge on any atom is 0.323 e. The lowest BCUT2D eigenvalue weighted by Gasteiger charge is -2.23. The quantitative estimate of drug-likeness (QED) is 0.576. The second-order valence-corrected chi connectivity index (χ2v) is 4.48. The summed E-state index contributed by atoms with van der Waals surface area (Å²) in [5.74, 6) is -0.112. The molecule has 0 rings (SSSR count). The van der Waals surface area contributed by atoms with Crippen molar-refractivity contribution in [2.75, 3.05) is 32.8 Å². The zero-order chi connectivity index (χ0) is 13.8. The number of carbonyl (C=O) groups is 1. The molecule has 1 atom stereocenters. The zero-order valence-electron chi connectivity index (χ0n) is 12.5. The topological polar surface area (TPSA) is 41.6 Å². The molecule has 18 heavy (non-hydrogen) atoms. The van der Waals surface area contributed by atoms with Crippen LogP contribution in [0.4, 0.5) is 0 Å². The van der Waals surface area contributed by atoms with Crippen LogP contribution < -0.4 is 5.32 Å². The van der Waals surface area contributed by atoms with Crippen molar-refractivity contribution in [1.29, 1.82) is 0 Å². The average Bonchev–Trinajstić information content (AvgIpc) is 2.37. The van der Waals surface area contributed by atoms with Crippen LogP contribution in [0.3, 0.4) is 0 Å². The predicted molar refractivity (Wildman–Crippen MR) is 75.7 cm³/mol. The van der Waals surface area contributed by atoms with Gasteiger partial charge in [0, 0.05) is 6.54 Å². The van der Waals surface area contributed by atoms with Gasteiger partial charge in [-0.05, 0) is 45.8 Å². The predicted octanol–water partition coefficient (Wildman–Crippen LogP) is 2.04. The van der Waals surface area contributed by atoms with E-state index in [0.717, 1.165) is 45.4 Å². The molecule has 0 aliphatic carbocycles. The number of rotatable bonds is 11. The van der Waals surface area contributed by atoms with Crippen molar-refractivity contribution >= 4 is 5.97 Å². The van der Waals surface area contributed by atoms with E-state index in [9.17, 15) is 4.79 Å². The second-order valence-electron chi connectivity index (χ2n) is 4.48. The minimum absolute atomic E-state index is 0.112. The van der Waals surface area contributed by atoms with E-state index < -0.39 is 0 Å². The van der Waals surface area contributed by atoms with Gasteiger partial charge in [0.05, 0.1) is 6.61 Å². The minimum Gasteiger partial charge on any atom is -0.465 e. The first-order chi connectivity index (χ1) is 8.69. The molecule has 0 aromatic rings. The van der Waals surface area contributed by atoms with E-state index in [4.69, 9.17) is 4.74 Å². The first-order valence-electron chi connectivity index (χ1n) is 7.31. The Morgan fingerprint density at radius 3 is 2.39 bits per heavy atom. The van der Waals surface area contributed by atoms with Gasteiger partial charge in [0.2, 0.25) is 0 Å². The van der Waals surface area contributed by atoms with Crippen LogP contribution >= 0.6 is 0 Å². The summed E-state index contributed by atoms with van der Waals surface area (Å²) < 4.78 is 5.11. The fraction of sp³-hybridized carbons (Fsp3) is 0.929. The monoisotopic (exact) mass is 258 g/mol. The molecule has 0 aliphatic heterocycles. The summed E-state index contributed by atoms with van der Waals surface area (Å²) in [6, 6.07) is -0.157. The van der Waals surface area contributed by atoms with Crippen molar-refractivity contribution in [3.63, 3.8) is 0 Å². The van der Waals surface area contributed by atoms with Gasteiger partial charge in [0.25, 0.3) is 0 Å². The van der Waals surface area contributed by atoms with Gasteiger partial charge < -0.3 is 15.0 Å². The SMILES string of the molecule is CCCNC(CCN(CC)CCC)C(=O)OCC. The minimum atomic E-state index is -0.157. The third kappa shape index (κ3) is 7.67. The van der Waals surface area contributed by atoms with Crippen molar-refractivity contribution < 1.29 is 9.53 Å². The lowest BCUT2D eigenvalue weighted by molar-refractivity contribution is -0.145. The standard InChI is InChI=1S/C14H30N2O2/c1-5-10-15-13(14(17)18-8-4)9-12-16(7-3)11-6-2/h13,15H,5-12H2,1-4H3. The largest absolute Gasteiger partial charge is 0.465 e. The maximum absolute atomic E-state index is 11.8. The first kappa shape index (κ1) is 17.4. The second kappa shape index (κ2) is 11.5. The highest BCUT2D eigenvalue weighted by Crippen LogP contribution is 2.01. The van der Waals surface area contributed by atoms with Crippen molar-refractivity contribution in [3.05, 3.63) is 0 Å². The molecule has 0 bridgehead atoms. The molecule has 0 aromatic carbocycles. The summed E-state index contributed by atoms with van der Waals surface area (Å²) in [7, 11) is 0. The summed E-state index contributed by atoms with van der Waals surface area (Å²) in [6.07, 6.45) is 3.01. The van der Waals surface area contributed by atoms with Gasteiger partial charge in [-0.2, -0.15) is 0 Å². The van der Waals surface area contributed by atoms with E-state index in [1.165, 1.54) is 0 Å². The molecule has 0 saturated carbocycles. The fourth-order valence-electron chi connectivity index (χ4n) is 1.92. The highest BCUT2D eigenvalue weighted by Gasteiger charge is 2.19. The fourth-order valence-corrected chi connectivity index (χ4v) is 1.92. The first-order valence-corrected chi connectivity index (χ1v) is 7.31. The highest BCUT2D eigenvalue weighted by atomic mass is 16.5. The van der Waals surface area contributed by atoms with Crippen LogP contribution in [0, 0.1) is 0 Å². The Morgan fingerprint density at radius 1 is 1.17 bits per heavy atom. The zero-order valence-corrected chi connectivity index (χ0v) is 12.5. The number of hydrogen-bond donors (Lipinski definition) is 1. The normalized spacial score (nSPS) is 12.7. The third-order valence-corrected chi connectivity index (χ3v) is 2.93. The maximum atomic E-state index is 11.8. The lowest BCUT2D eigenvalue weighted by atomic mass is 10.2. The summed E-state index contributed by atoms with van der Waals surface area (Å²) in [6.45, 7) is 12.7. The molecule has 108 valence electrons. The number of nitrogens with zero attached hydrogens (tertiary/aromatic N) is 1. The number of esters is 1. The highest BCUT2D eigenvalue weighted by molar-refractivity contribution is 5.75. The number of ether oxygens (including phenoxy) is 1. The molecule has 1 unspecified atom stereocenters. The molecule has 1 N–H and O–H groups in total. The lowest BCUT2D eigenvalue weighted by Crippen LogP contribution is -2.41. The van der Waals surface area contributed by atoms with E-state index in [-0.39, 0.29) is 12.0 Å². The third-order valence-electron chi connectivity index (χ3n) is 2.93. The number of carbonyl (C=O) groups excluding carboxylic acids is 1. The Labute approximate surface area is 112 Å². The Bertz CT molecular complexity index is 210. The summed E-state index contributed by atoms with van der Waals surface area (Å²) >= 11 is 0. The van der Waals surface area contributed by atoms with Crippen LogP contribution in [-0.4, -0.2) is 49.7 Å². The Hall–Kier alpha value is -0.610. The molecule has 0 saturated heterocycles. The summed E-state index contributed by atoms with van der Waals surface area (Å²) in [5, 5.41) is 3.27. The van der Waals surface area contributed by atoms with Crippen LogP contribution in [0.25, 0.3) is 0 Å². The molecule has 4 nitrogen and oxygen atoms in total. The number of nitrogens with one attached hydrogen (secondary N) is 1. The van der Waals surface area contributed by atoms with E-state index in [1.807, 2.05) is 6.92 Å². The van der Waals surface area contributed by atoms with Gasteiger partial charge in [-0.25, -0.2) is 0 Å². The Kier molecular flexibility index (Phi) is 11.1. The van der Waals surface area contributed by atoms with Crippen LogP contribution in [0.2, 0.25) is 0 Å². The molecule has 0 amide bonds. The van der Waals surface area contributed by atoms with E-state index >= 15 is 0 Å². The van der Waals surface area contributed by atoms with Gasteiger partial charge in [-0.15, -0.1) is 0 Å². The van der Waals surface area contributed by atoms with Gasteiger partial charge in [-0.3, -0.25) is 4.79 Å². The molecule has 0 aromatic heterocycles. The van der Waals surface area contributed by atoms with E-state index in [2.05, 4.69) is 31.0 Å². The summed E-state index contributed by atoms with van der Waals surface area (Å²) in [4.78, 5) is 14.2. The molecule has 0 fully saturated rings. The van der Waals surface area contributed by atoms with Gasteiger partial charge in [-0.1, -0.05) is 20.8 Å². The van der Waals surface area contributed by atoms with Crippen LogP contribution in [0.1, 0.15) is 47.0 Å². The van der Waals surface area contributed by atoms with Crippen LogP contribution in [0.15, 0.2) is 0 Å². The van der Waals surface area contributed by atoms with Gasteiger partial charge in [0.15, 0.2) is 0 Å². The Morgan fingerprint density at radius 2 is 1.89 bits per heavy atom. The van der Waals surface area contributed by atoms with E-state index in [1.54, 1.807) is 0 Å². The van der Waals surface area contributed by atoms with Crippen molar-refractivity contribution in [3.8, 4) is 0 Å². The van der Waals surface area contributed by atoms with Crippen molar-refractivity contribution in [2.24, 2.45) is 0 Å². The average molecular weight is 258 g/mol. The summed E-state index contributed by atoms with van der Waals surface area (Å²) in [5.41, 5.74) is 0.